The zero-order chi connectivity index (χ0) is 22.7. The third-order valence-corrected chi connectivity index (χ3v) is 5.52. The average molecular weight is 457 g/mol. The summed E-state index contributed by atoms with van der Waals surface area (Å²) < 4.78 is 28.7. The maximum atomic E-state index is 13.8. The number of amides is 1. The molecule has 10 heteroatoms. The fourth-order valence-electron chi connectivity index (χ4n) is 3.65. The third-order valence-electron chi connectivity index (χ3n) is 5.32. The Kier molecular flexibility index (Phi) is 6.31. The maximum absolute atomic E-state index is 13.8. The summed E-state index contributed by atoms with van der Waals surface area (Å²) in [6.07, 6.45) is -1.19. The van der Waals surface area contributed by atoms with Crippen LogP contribution in [-0.4, -0.2) is 27.2 Å². The number of benzene rings is 2. The van der Waals surface area contributed by atoms with Crippen LogP contribution >= 0.6 is 12.2 Å². The quantitative estimate of drug-likeness (QED) is 0.348. The number of carbonyl (C=O) groups excluding carboxylic acids is 1. The molecule has 0 unspecified atom stereocenters. The summed E-state index contributed by atoms with van der Waals surface area (Å²) in [6.45, 7) is 1.93. The second-order valence-electron chi connectivity index (χ2n) is 7.44. The minimum atomic E-state index is -2.62. The Labute approximate surface area is 189 Å². The van der Waals surface area contributed by atoms with Crippen LogP contribution in [0.5, 0.6) is 0 Å². The molecule has 2 atom stereocenters. The van der Waals surface area contributed by atoms with Gasteiger partial charge in [0.15, 0.2) is 5.11 Å². The first-order chi connectivity index (χ1) is 15.4. The number of hydrogen-bond acceptors (Lipinski definition) is 4. The number of alkyl halides is 2. The van der Waals surface area contributed by atoms with Gasteiger partial charge in [-0.3, -0.25) is 15.6 Å². The molecule has 2 aromatic carbocycles. The molecule has 2 heterocycles. The van der Waals surface area contributed by atoms with Gasteiger partial charge in [-0.1, -0.05) is 48.5 Å². The predicted octanol–water partition coefficient (Wildman–Crippen LogP) is 4.19. The van der Waals surface area contributed by atoms with Crippen molar-refractivity contribution in [2.45, 2.75) is 31.9 Å². The lowest BCUT2D eigenvalue weighted by Gasteiger charge is -2.32. The summed E-state index contributed by atoms with van der Waals surface area (Å²) in [7, 11) is 0. The van der Waals surface area contributed by atoms with Crippen molar-refractivity contribution in [3.63, 3.8) is 0 Å². The Morgan fingerprint density at radius 3 is 2.59 bits per heavy atom. The van der Waals surface area contributed by atoms with Gasteiger partial charge in [-0.2, -0.15) is 5.10 Å². The number of halogens is 2. The van der Waals surface area contributed by atoms with Crippen molar-refractivity contribution < 1.29 is 13.6 Å². The van der Waals surface area contributed by atoms with E-state index in [1.165, 1.54) is 10.9 Å². The third kappa shape index (κ3) is 4.54. The van der Waals surface area contributed by atoms with Crippen LogP contribution in [0.15, 0.2) is 60.8 Å². The van der Waals surface area contributed by atoms with E-state index in [4.69, 9.17) is 12.2 Å². The van der Waals surface area contributed by atoms with Gasteiger partial charge in [0.05, 0.1) is 12.2 Å². The largest absolute Gasteiger partial charge is 0.363 e. The molecule has 0 saturated heterocycles. The van der Waals surface area contributed by atoms with Crippen LogP contribution in [0.2, 0.25) is 0 Å². The number of fused-ring (bicyclic) bond motifs is 1. The first kappa shape index (κ1) is 21.7. The number of aryl methyl sites for hydroxylation is 1. The lowest BCUT2D eigenvalue weighted by atomic mass is 9.97. The van der Waals surface area contributed by atoms with Crippen LogP contribution in [0.1, 0.15) is 40.0 Å². The molecule has 32 heavy (non-hydrogen) atoms. The van der Waals surface area contributed by atoms with Gasteiger partial charge < -0.3 is 10.6 Å². The number of carbonyl (C=O) groups is 1. The van der Waals surface area contributed by atoms with Gasteiger partial charge in [-0.25, -0.2) is 13.5 Å². The van der Waals surface area contributed by atoms with Gasteiger partial charge in [-0.05, 0) is 42.8 Å². The van der Waals surface area contributed by atoms with Crippen LogP contribution in [0.4, 0.5) is 20.3 Å². The Morgan fingerprint density at radius 1 is 1.16 bits per heavy atom. The molecular weight excluding hydrogens is 434 g/mol. The number of anilines is 2. The van der Waals surface area contributed by atoms with Crippen molar-refractivity contribution in [3.8, 4) is 0 Å². The number of nitrogens with one attached hydrogen (secondary N) is 4. The summed E-state index contributed by atoms with van der Waals surface area (Å²) in [5.41, 5.74) is 7.93. The molecule has 0 spiro atoms. The van der Waals surface area contributed by atoms with Crippen molar-refractivity contribution in [2.24, 2.45) is 0 Å². The minimum absolute atomic E-state index is 0.141. The van der Waals surface area contributed by atoms with E-state index in [1.807, 2.05) is 61.5 Å². The van der Waals surface area contributed by atoms with Gasteiger partial charge in [-0.15, -0.1) is 0 Å². The van der Waals surface area contributed by atoms with Crippen molar-refractivity contribution in [1.82, 2.24) is 20.6 Å². The van der Waals surface area contributed by atoms with Gasteiger partial charge in [0.25, 0.3) is 12.3 Å². The minimum Gasteiger partial charge on any atom is -0.363 e. The van der Waals surface area contributed by atoms with E-state index in [0.717, 1.165) is 16.8 Å². The van der Waals surface area contributed by atoms with Crippen LogP contribution in [0, 0.1) is 6.92 Å². The fraction of sp³-hybridized carbons (Fsp3) is 0.227. The van der Waals surface area contributed by atoms with E-state index >= 15 is 0 Å². The molecule has 4 rings (SSSR count). The number of thiocarbonyl (C=S) groups is 1. The van der Waals surface area contributed by atoms with E-state index in [-0.39, 0.29) is 29.0 Å². The molecule has 1 amide bonds. The van der Waals surface area contributed by atoms with Crippen LogP contribution in [-0.2, 0) is 0 Å². The molecule has 7 nitrogen and oxygen atoms in total. The van der Waals surface area contributed by atoms with Gasteiger partial charge in [0.1, 0.15) is 17.4 Å². The molecule has 1 aliphatic heterocycles. The topological polar surface area (TPSA) is 83.0 Å². The molecule has 0 aliphatic carbocycles. The zero-order valence-corrected chi connectivity index (χ0v) is 18.0. The molecule has 1 aromatic heterocycles. The predicted molar refractivity (Wildman–Crippen MR) is 123 cm³/mol. The summed E-state index contributed by atoms with van der Waals surface area (Å²) in [5.74, 6) is -0.304. The summed E-state index contributed by atoms with van der Waals surface area (Å²) in [5, 5.41) is 10.4. The Balaban J connectivity index is 1.48. The highest BCUT2D eigenvalue weighted by Crippen LogP contribution is 2.39. The fourth-order valence-corrected chi connectivity index (χ4v) is 3.81. The summed E-state index contributed by atoms with van der Waals surface area (Å²) in [6, 6.07) is 15.3. The average Bonchev–Trinajstić information content (AvgIpc) is 3.23. The molecule has 166 valence electrons. The van der Waals surface area contributed by atoms with Crippen LogP contribution in [0.25, 0.3) is 0 Å². The van der Waals surface area contributed by atoms with E-state index in [9.17, 15) is 13.6 Å². The first-order valence-electron chi connectivity index (χ1n) is 10.0. The lowest BCUT2D eigenvalue weighted by molar-refractivity contribution is 0.0656. The first-order valence-corrected chi connectivity index (χ1v) is 10.4. The van der Waals surface area contributed by atoms with Gasteiger partial charge in [0, 0.05) is 5.69 Å². The highest BCUT2D eigenvalue weighted by atomic mass is 32.1. The SMILES string of the molecule is Cc1ccccc1NC(=S)NNC(=O)c1cnn2c1N[C@H](c1ccccc1)C[C@@H]2C(F)F. The standard InChI is InChI=1S/C22H22F2N6OS/c1-13-7-5-6-10-16(13)27-22(32)29-28-21(31)15-12-25-30-18(19(23)24)11-17(26-20(15)30)14-8-3-2-4-9-14/h2-10,12,17-19,26H,11H2,1H3,(H,28,31)(H2,27,29,32)/t17-,18+/m0/s1. The monoisotopic (exact) mass is 456 g/mol. The Morgan fingerprint density at radius 2 is 1.88 bits per heavy atom. The number of rotatable bonds is 4. The van der Waals surface area contributed by atoms with Crippen LogP contribution in [0.3, 0.4) is 0 Å². The number of aromatic nitrogens is 2. The smallest absolute Gasteiger partial charge is 0.275 e. The summed E-state index contributed by atoms with van der Waals surface area (Å²) in [4.78, 5) is 12.8. The molecule has 0 radical (unpaired) electrons. The lowest BCUT2D eigenvalue weighted by Crippen LogP contribution is -2.44. The summed E-state index contributed by atoms with van der Waals surface area (Å²) >= 11 is 5.23. The maximum Gasteiger partial charge on any atom is 0.275 e. The van der Waals surface area contributed by atoms with Gasteiger partial charge in [0.2, 0.25) is 0 Å². The molecule has 0 bridgehead atoms. The number of nitrogens with zero attached hydrogens (tertiary/aromatic N) is 2. The Bertz CT molecular complexity index is 1120. The second kappa shape index (κ2) is 9.31. The Hall–Kier alpha value is -3.53. The molecular formula is C22H22F2N6OS. The molecule has 0 fully saturated rings. The van der Waals surface area contributed by atoms with Crippen molar-refractivity contribution in [2.75, 3.05) is 10.6 Å². The molecule has 4 N–H and O–H groups in total. The molecule has 3 aromatic rings. The highest BCUT2D eigenvalue weighted by Gasteiger charge is 2.36. The zero-order valence-electron chi connectivity index (χ0n) is 17.2. The number of hydrazine groups is 1. The van der Waals surface area contributed by atoms with E-state index < -0.39 is 18.4 Å². The van der Waals surface area contributed by atoms with Crippen molar-refractivity contribution in [3.05, 3.63) is 77.5 Å². The number of hydrogen-bond donors (Lipinski definition) is 4. The van der Waals surface area contributed by atoms with Crippen LogP contribution < -0.4 is 21.5 Å². The van der Waals surface area contributed by atoms with E-state index in [0.29, 0.717) is 0 Å². The van der Waals surface area contributed by atoms with E-state index in [1.54, 1.807) is 0 Å². The van der Waals surface area contributed by atoms with Crippen molar-refractivity contribution >= 4 is 34.7 Å². The van der Waals surface area contributed by atoms with Gasteiger partial charge >= 0.3 is 0 Å². The van der Waals surface area contributed by atoms with Crippen molar-refractivity contribution in [1.29, 1.82) is 0 Å². The normalized spacial score (nSPS) is 17.2. The number of para-hydroxylation sites is 1. The molecule has 0 saturated carbocycles. The second-order valence-corrected chi connectivity index (χ2v) is 7.85. The van der Waals surface area contributed by atoms with E-state index in [2.05, 4.69) is 26.6 Å². The highest BCUT2D eigenvalue weighted by molar-refractivity contribution is 7.80. The molecule has 1 aliphatic rings.